The number of anilines is 4. The van der Waals surface area contributed by atoms with Gasteiger partial charge in [0, 0.05) is 41.5 Å². The molecule has 0 fully saturated rings. The lowest BCUT2D eigenvalue weighted by Crippen LogP contribution is -2.46. The molecule has 0 amide bonds. The normalized spacial score (nSPS) is 12.0. The van der Waals surface area contributed by atoms with Crippen LogP contribution in [0.3, 0.4) is 0 Å². The zero-order valence-electron chi connectivity index (χ0n) is 19.3. The van der Waals surface area contributed by atoms with E-state index in [9.17, 15) is 14.4 Å². The van der Waals surface area contributed by atoms with Crippen LogP contribution >= 0.6 is 11.3 Å². The maximum absolute atomic E-state index is 12.5. The number of carbonyl (C=O) groups is 1. The quantitative estimate of drug-likeness (QED) is 0.263. The van der Waals surface area contributed by atoms with Gasteiger partial charge in [-0.1, -0.05) is 12.1 Å². The summed E-state index contributed by atoms with van der Waals surface area (Å²) in [7, 11) is 1.30. The van der Waals surface area contributed by atoms with Crippen LogP contribution < -0.4 is 26.4 Å². The van der Waals surface area contributed by atoms with E-state index in [2.05, 4.69) is 15.6 Å². The summed E-state index contributed by atoms with van der Waals surface area (Å²) >= 11 is 1.66. The molecule has 34 heavy (non-hydrogen) atoms. The highest BCUT2D eigenvalue weighted by Crippen LogP contribution is 2.28. The molecule has 176 valence electrons. The van der Waals surface area contributed by atoms with Crippen molar-refractivity contribution in [1.82, 2.24) is 4.98 Å². The van der Waals surface area contributed by atoms with Crippen LogP contribution in [-0.4, -0.2) is 37.2 Å². The number of fused-ring (bicyclic) bond motifs is 1. The van der Waals surface area contributed by atoms with Gasteiger partial charge in [-0.25, -0.2) is 9.78 Å². The van der Waals surface area contributed by atoms with E-state index in [1.165, 1.54) is 7.11 Å². The predicted octanol–water partition coefficient (Wildman–Crippen LogP) is 3.68. The summed E-state index contributed by atoms with van der Waals surface area (Å²) < 4.78 is 6.10. The van der Waals surface area contributed by atoms with Crippen molar-refractivity contribution in [3.05, 3.63) is 74.0 Å². The monoisotopic (exact) mass is 478 g/mol. The smallest absolute Gasteiger partial charge is 0.328 e. The van der Waals surface area contributed by atoms with Crippen molar-refractivity contribution in [1.29, 1.82) is 0 Å². The third kappa shape index (κ3) is 4.51. The van der Waals surface area contributed by atoms with Crippen LogP contribution in [0, 0.1) is 0 Å². The van der Waals surface area contributed by atoms with Crippen molar-refractivity contribution in [2.24, 2.45) is 0 Å². The van der Waals surface area contributed by atoms with E-state index >= 15 is 0 Å². The molecule has 1 atom stereocenters. The van der Waals surface area contributed by atoms with Crippen molar-refractivity contribution in [3.63, 3.8) is 0 Å². The van der Waals surface area contributed by atoms with Crippen molar-refractivity contribution in [2.75, 3.05) is 35.7 Å². The maximum atomic E-state index is 12.5. The number of esters is 1. The number of methoxy groups -OCH3 is 1. The molecule has 4 aromatic rings. The Kier molecular flexibility index (Phi) is 6.93. The van der Waals surface area contributed by atoms with Gasteiger partial charge in [-0.05, 0) is 49.1 Å². The van der Waals surface area contributed by atoms with E-state index in [-0.39, 0.29) is 5.69 Å². The topological polar surface area (TPSA) is 101 Å². The molecule has 0 spiro atoms. The van der Waals surface area contributed by atoms with Crippen LogP contribution in [0.2, 0.25) is 0 Å². The fraction of sp³-hybridized carbons (Fsp3) is 0.280. The van der Waals surface area contributed by atoms with Gasteiger partial charge in [0.25, 0.3) is 10.9 Å². The van der Waals surface area contributed by atoms with Gasteiger partial charge in [0.15, 0.2) is 0 Å². The molecule has 0 saturated heterocycles. The Balaban J connectivity index is 1.51. The predicted molar refractivity (Wildman–Crippen MR) is 137 cm³/mol. The second-order valence-electron chi connectivity index (χ2n) is 7.79. The van der Waals surface area contributed by atoms with Crippen molar-refractivity contribution in [3.8, 4) is 0 Å². The first-order valence-electron chi connectivity index (χ1n) is 11.1. The fourth-order valence-electron chi connectivity index (χ4n) is 3.96. The second kappa shape index (κ2) is 10.0. The molecule has 0 radical (unpaired) electrons. The van der Waals surface area contributed by atoms with E-state index in [0.717, 1.165) is 27.2 Å². The number of thiophene rings is 1. The summed E-state index contributed by atoms with van der Waals surface area (Å²) in [6.07, 6.45) is 2.07. The number of nitrogens with one attached hydrogen (secondary N) is 2. The van der Waals surface area contributed by atoms with Crippen LogP contribution in [0.1, 0.15) is 19.4 Å². The lowest BCUT2D eigenvalue weighted by atomic mass is 10.0. The second-order valence-corrected chi connectivity index (χ2v) is 8.74. The zero-order valence-corrected chi connectivity index (χ0v) is 20.1. The number of hydrogen-bond acceptors (Lipinski definition) is 9. The van der Waals surface area contributed by atoms with Gasteiger partial charge >= 0.3 is 5.97 Å². The highest BCUT2D eigenvalue weighted by molar-refractivity contribution is 7.17. The van der Waals surface area contributed by atoms with E-state index in [1.807, 2.05) is 60.5 Å². The summed E-state index contributed by atoms with van der Waals surface area (Å²) in [5, 5.41) is 9.39. The highest BCUT2D eigenvalue weighted by Gasteiger charge is 2.29. The van der Waals surface area contributed by atoms with E-state index < -0.39 is 22.9 Å². The molecule has 2 aromatic heterocycles. The lowest BCUT2D eigenvalue weighted by Gasteiger charge is -2.27. The van der Waals surface area contributed by atoms with Crippen LogP contribution in [0.15, 0.2) is 57.6 Å². The Morgan fingerprint density at radius 3 is 2.50 bits per heavy atom. The van der Waals surface area contributed by atoms with Gasteiger partial charge in [-0.2, -0.15) is 0 Å². The van der Waals surface area contributed by atoms with E-state index in [4.69, 9.17) is 4.74 Å². The van der Waals surface area contributed by atoms with Crippen LogP contribution in [0.4, 0.5) is 22.9 Å². The average Bonchev–Trinajstić information content (AvgIpc) is 3.36. The molecule has 0 saturated carbocycles. The van der Waals surface area contributed by atoms with Gasteiger partial charge in [-0.3, -0.25) is 9.59 Å². The standard InChI is InChI=1S/C25H26N4O4S/c1-4-29(5-2)21-20(22(30)23(21)31)28-18(25(32)33-3)14-15-6-8-16(9-7-15)27-24-17-11-13-34-19(17)10-12-26-24/h6-13,18,28H,4-5,14H2,1-3H3,(H,26,27)/t18-/m0/s1. The number of ether oxygens (including phenoxy) is 1. The van der Waals surface area contributed by atoms with Gasteiger partial charge in [-0.15, -0.1) is 11.3 Å². The summed E-state index contributed by atoms with van der Waals surface area (Å²) in [5.41, 5.74) is 1.11. The summed E-state index contributed by atoms with van der Waals surface area (Å²) in [6.45, 7) is 4.99. The molecule has 0 bridgehead atoms. The molecule has 0 aliphatic heterocycles. The SMILES string of the molecule is CCN(CC)c1c(N[C@@H](Cc2ccc(Nc3nccc4sccc34)cc2)C(=O)OC)c(=O)c1=O. The maximum Gasteiger partial charge on any atom is 0.328 e. The lowest BCUT2D eigenvalue weighted by molar-refractivity contribution is -0.141. The van der Waals surface area contributed by atoms with Gasteiger partial charge < -0.3 is 20.3 Å². The summed E-state index contributed by atoms with van der Waals surface area (Å²) in [4.78, 5) is 43.1. The van der Waals surface area contributed by atoms with Crippen LogP contribution in [-0.2, 0) is 16.0 Å². The molecule has 4 rings (SSSR count). The molecule has 9 heteroatoms. The first-order valence-corrected chi connectivity index (χ1v) is 12.0. The Hall–Kier alpha value is -3.72. The number of carbonyl (C=O) groups excluding carboxylic acids is 1. The molecule has 2 heterocycles. The number of nitrogens with zero attached hydrogens (tertiary/aromatic N) is 2. The third-order valence-electron chi connectivity index (χ3n) is 5.81. The summed E-state index contributed by atoms with van der Waals surface area (Å²) in [5.74, 6) is 0.277. The Bertz CT molecular complexity index is 1370. The van der Waals surface area contributed by atoms with Gasteiger partial charge in [0.05, 0.1) is 7.11 Å². The number of benzene rings is 1. The minimum atomic E-state index is -0.803. The molecule has 2 aromatic carbocycles. The number of rotatable bonds is 10. The van der Waals surface area contributed by atoms with Crippen LogP contribution in [0.25, 0.3) is 10.1 Å². The minimum absolute atomic E-state index is 0.178. The van der Waals surface area contributed by atoms with Crippen LogP contribution in [0.5, 0.6) is 0 Å². The van der Waals surface area contributed by atoms with Crippen molar-refractivity contribution in [2.45, 2.75) is 26.3 Å². The van der Waals surface area contributed by atoms with Gasteiger partial charge in [0.1, 0.15) is 23.2 Å². The first kappa shape index (κ1) is 23.4. The molecule has 2 N–H and O–H groups in total. The number of pyridine rings is 1. The van der Waals surface area contributed by atoms with Crippen molar-refractivity contribution < 1.29 is 9.53 Å². The largest absolute Gasteiger partial charge is 0.467 e. The Labute approximate surface area is 200 Å². The van der Waals surface area contributed by atoms with Crippen molar-refractivity contribution >= 4 is 50.3 Å². The number of aromatic nitrogens is 1. The zero-order chi connectivity index (χ0) is 24.2. The van der Waals surface area contributed by atoms with E-state index in [0.29, 0.717) is 25.2 Å². The highest BCUT2D eigenvalue weighted by atomic mass is 32.1. The van der Waals surface area contributed by atoms with E-state index in [1.54, 1.807) is 17.5 Å². The fourth-order valence-corrected chi connectivity index (χ4v) is 4.74. The number of hydrogen-bond donors (Lipinski definition) is 2. The molecular formula is C25H26N4O4S. The molecule has 0 aliphatic rings. The third-order valence-corrected chi connectivity index (χ3v) is 6.69. The molecule has 0 aliphatic carbocycles. The molecule has 8 nitrogen and oxygen atoms in total. The Morgan fingerprint density at radius 2 is 1.82 bits per heavy atom. The average molecular weight is 479 g/mol. The minimum Gasteiger partial charge on any atom is -0.467 e. The van der Waals surface area contributed by atoms with Gasteiger partial charge in [0.2, 0.25) is 0 Å². The summed E-state index contributed by atoms with van der Waals surface area (Å²) in [6, 6.07) is 10.8. The molecular weight excluding hydrogens is 452 g/mol. The first-order chi connectivity index (χ1) is 16.5. The molecule has 0 unspecified atom stereocenters. The Morgan fingerprint density at radius 1 is 1.09 bits per heavy atom.